The minimum absolute atomic E-state index is 0.114. The van der Waals surface area contributed by atoms with Gasteiger partial charge in [0.1, 0.15) is 17.0 Å². The average Bonchev–Trinajstić information content (AvgIpc) is 2.86. The fraction of sp³-hybridized carbons (Fsp3) is 0.412. The zero-order chi connectivity index (χ0) is 15.2. The summed E-state index contributed by atoms with van der Waals surface area (Å²) in [4.78, 5) is 12.4. The summed E-state index contributed by atoms with van der Waals surface area (Å²) in [6, 6.07) is 9.62. The molecule has 0 spiro atoms. The molecule has 0 aliphatic rings. The maximum absolute atomic E-state index is 12.4. The van der Waals surface area contributed by atoms with Gasteiger partial charge >= 0.3 is 0 Å². The Hall–Kier alpha value is -2.10. The van der Waals surface area contributed by atoms with E-state index >= 15 is 0 Å². The van der Waals surface area contributed by atoms with E-state index in [4.69, 9.17) is 4.52 Å². The largest absolute Gasteiger partial charge is 0.360 e. The minimum Gasteiger partial charge on any atom is -0.360 e. The van der Waals surface area contributed by atoms with Crippen molar-refractivity contribution < 1.29 is 9.32 Å². The molecule has 0 aliphatic heterocycles. The molecular formula is C17H22N2O2. The average molecular weight is 286 g/mol. The Labute approximate surface area is 125 Å². The Kier molecular flexibility index (Phi) is 5.14. The lowest BCUT2D eigenvalue weighted by Crippen LogP contribution is -2.25. The van der Waals surface area contributed by atoms with Gasteiger partial charge in [0.05, 0.1) is 0 Å². The molecule has 2 aromatic rings. The van der Waals surface area contributed by atoms with Crippen molar-refractivity contribution in [3.05, 3.63) is 41.7 Å². The summed E-state index contributed by atoms with van der Waals surface area (Å²) in [5, 5.41) is 6.98. The summed E-state index contributed by atoms with van der Waals surface area (Å²) >= 11 is 0. The Morgan fingerprint density at radius 3 is 2.67 bits per heavy atom. The molecule has 2 rings (SSSR count). The van der Waals surface area contributed by atoms with Gasteiger partial charge in [0, 0.05) is 12.1 Å². The highest BCUT2D eigenvalue weighted by Gasteiger charge is 2.20. The quantitative estimate of drug-likeness (QED) is 0.821. The molecule has 1 heterocycles. The first-order chi connectivity index (χ1) is 10.1. The van der Waals surface area contributed by atoms with E-state index in [1.807, 2.05) is 30.3 Å². The molecule has 0 unspecified atom stereocenters. The third-order valence-corrected chi connectivity index (χ3v) is 3.38. The van der Waals surface area contributed by atoms with Crippen LogP contribution in [0.1, 0.15) is 42.8 Å². The highest BCUT2D eigenvalue weighted by molar-refractivity contribution is 6.00. The van der Waals surface area contributed by atoms with Crippen molar-refractivity contribution in [1.29, 1.82) is 0 Å². The molecule has 0 saturated heterocycles. The number of amides is 1. The lowest BCUT2D eigenvalue weighted by atomic mass is 10.1. The molecular weight excluding hydrogens is 264 g/mol. The van der Waals surface area contributed by atoms with Gasteiger partial charge in [-0.1, -0.05) is 49.3 Å². The van der Waals surface area contributed by atoms with Crippen molar-refractivity contribution in [2.24, 2.45) is 5.92 Å². The summed E-state index contributed by atoms with van der Waals surface area (Å²) < 4.78 is 5.20. The zero-order valence-electron chi connectivity index (χ0n) is 12.8. The summed E-state index contributed by atoms with van der Waals surface area (Å²) in [5.74, 6) is 1.09. The van der Waals surface area contributed by atoms with Gasteiger partial charge in [-0.15, -0.1) is 0 Å². The predicted molar refractivity (Wildman–Crippen MR) is 83.1 cm³/mol. The van der Waals surface area contributed by atoms with Crippen LogP contribution in [0.4, 0.5) is 0 Å². The number of hydrogen-bond donors (Lipinski definition) is 1. The second-order valence-electron chi connectivity index (χ2n) is 5.62. The van der Waals surface area contributed by atoms with Crippen LogP contribution in [0.2, 0.25) is 0 Å². The molecule has 1 aromatic carbocycles. The third kappa shape index (κ3) is 3.94. The topological polar surface area (TPSA) is 55.1 Å². The van der Waals surface area contributed by atoms with Crippen LogP contribution in [0.15, 0.2) is 34.9 Å². The molecule has 21 heavy (non-hydrogen) atoms. The van der Waals surface area contributed by atoms with E-state index in [-0.39, 0.29) is 5.91 Å². The molecule has 1 amide bonds. The molecule has 1 N–H and O–H groups in total. The van der Waals surface area contributed by atoms with Gasteiger partial charge in [0.15, 0.2) is 0 Å². The van der Waals surface area contributed by atoms with Crippen molar-refractivity contribution in [2.75, 3.05) is 6.54 Å². The van der Waals surface area contributed by atoms with Crippen LogP contribution in [0.25, 0.3) is 11.3 Å². The molecule has 4 nitrogen and oxygen atoms in total. The standard InChI is InChI=1S/C17H22N2O2/c1-12(2)8-7-11-18-17(20)15-13(3)21-19-16(15)14-9-5-4-6-10-14/h4-6,9-10,12H,7-8,11H2,1-3H3,(H,18,20). The van der Waals surface area contributed by atoms with E-state index in [1.165, 1.54) is 0 Å². The number of nitrogens with one attached hydrogen (secondary N) is 1. The number of nitrogens with zero attached hydrogens (tertiary/aromatic N) is 1. The fourth-order valence-electron chi connectivity index (χ4n) is 2.23. The molecule has 0 atom stereocenters. The van der Waals surface area contributed by atoms with Crippen LogP contribution in [0.5, 0.6) is 0 Å². The van der Waals surface area contributed by atoms with Crippen molar-refractivity contribution >= 4 is 5.91 Å². The van der Waals surface area contributed by atoms with E-state index in [0.29, 0.717) is 29.5 Å². The number of rotatable bonds is 6. The number of benzene rings is 1. The lowest BCUT2D eigenvalue weighted by molar-refractivity contribution is 0.0951. The summed E-state index contributed by atoms with van der Waals surface area (Å²) in [6.07, 6.45) is 2.09. The first-order valence-electron chi connectivity index (χ1n) is 7.39. The monoisotopic (exact) mass is 286 g/mol. The smallest absolute Gasteiger partial charge is 0.257 e. The first-order valence-corrected chi connectivity index (χ1v) is 7.39. The second-order valence-corrected chi connectivity index (χ2v) is 5.62. The first kappa shape index (κ1) is 15.3. The van der Waals surface area contributed by atoms with E-state index in [0.717, 1.165) is 18.4 Å². The zero-order valence-corrected chi connectivity index (χ0v) is 12.8. The van der Waals surface area contributed by atoms with Gasteiger partial charge < -0.3 is 9.84 Å². The van der Waals surface area contributed by atoms with Crippen molar-refractivity contribution in [2.45, 2.75) is 33.6 Å². The molecule has 0 radical (unpaired) electrons. The molecule has 0 saturated carbocycles. The summed E-state index contributed by atoms with van der Waals surface area (Å²) in [6.45, 7) is 6.80. The van der Waals surface area contributed by atoms with Gasteiger partial charge in [-0.2, -0.15) is 0 Å². The van der Waals surface area contributed by atoms with Gasteiger partial charge in [-0.3, -0.25) is 4.79 Å². The Balaban J connectivity index is 2.09. The molecule has 0 fully saturated rings. The van der Waals surface area contributed by atoms with Gasteiger partial charge in [0.25, 0.3) is 5.91 Å². The molecule has 112 valence electrons. The SMILES string of the molecule is Cc1onc(-c2ccccc2)c1C(=O)NCCCC(C)C. The van der Waals surface area contributed by atoms with E-state index in [2.05, 4.69) is 24.3 Å². The predicted octanol–water partition coefficient (Wildman–Crippen LogP) is 3.82. The minimum atomic E-state index is -0.114. The molecule has 1 aromatic heterocycles. The van der Waals surface area contributed by atoms with Gasteiger partial charge in [-0.05, 0) is 25.7 Å². The Bertz CT molecular complexity index is 588. The van der Waals surface area contributed by atoms with Crippen LogP contribution < -0.4 is 5.32 Å². The molecule has 4 heteroatoms. The van der Waals surface area contributed by atoms with Crippen molar-refractivity contribution in [3.8, 4) is 11.3 Å². The number of aryl methyl sites for hydroxylation is 1. The number of aromatic nitrogens is 1. The molecule has 0 bridgehead atoms. The Morgan fingerprint density at radius 1 is 1.29 bits per heavy atom. The Morgan fingerprint density at radius 2 is 2.00 bits per heavy atom. The maximum atomic E-state index is 12.4. The van der Waals surface area contributed by atoms with Crippen LogP contribution in [-0.4, -0.2) is 17.6 Å². The third-order valence-electron chi connectivity index (χ3n) is 3.38. The normalized spacial score (nSPS) is 10.9. The number of hydrogen-bond acceptors (Lipinski definition) is 3. The van der Waals surface area contributed by atoms with Gasteiger partial charge in [0.2, 0.25) is 0 Å². The number of carbonyl (C=O) groups excluding carboxylic acids is 1. The van der Waals surface area contributed by atoms with Gasteiger partial charge in [-0.25, -0.2) is 0 Å². The van der Waals surface area contributed by atoms with E-state index in [9.17, 15) is 4.79 Å². The van der Waals surface area contributed by atoms with Crippen LogP contribution >= 0.6 is 0 Å². The highest BCUT2D eigenvalue weighted by Crippen LogP contribution is 2.24. The second kappa shape index (κ2) is 7.07. The van der Waals surface area contributed by atoms with E-state index in [1.54, 1.807) is 6.92 Å². The van der Waals surface area contributed by atoms with Crippen LogP contribution in [0.3, 0.4) is 0 Å². The lowest BCUT2D eigenvalue weighted by Gasteiger charge is -2.07. The molecule has 0 aliphatic carbocycles. The van der Waals surface area contributed by atoms with Crippen molar-refractivity contribution in [3.63, 3.8) is 0 Å². The van der Waals surface area contributed by atoms with Crippen molar-refractivity contribution in [1.82, 2.24) is 10.5 Å². The maximum Gasteiger partial charge on any atom is 0.257 e. The number of carbonyl (C=O) groups is 1. The fourth-order valence-corrected chi connectivity index (χ4v) is 2.23. The highest BCUT2D eigenvalue weighted by atomic mass is 16.5. The van der Waals surface area contributed by atoms with Crippen LogP contribution in [-0.2, 0) is 0 Å². The van der Waals surface area contributed by atoms with E-state index < -0.39 is 0 Å². The summed E-state index contributed by atoms with van der Waals surface area (Å²) in [7, 11) is 0. The summed E-state index contributed by atoms with van der Waals surface area (Å²) in [5.41, 5.74) is 2.03. The van der Waals surface area contributed by atoms with Crippen LogP contribution in [0, 0.1) is 12.8 Å².